The Bertz CT molecular complexity index is 837. The van der Waals surface area contributed by atoms with Crippen molar-refractivity contribution in [3.05, 3.63) is 77.5 Å². The van der Waals surface area contributed by atoms with Gasteiger partial charge in [0.1, 0.15) is 0 Å². The number of hydrogen-bond acceptors (Lipinski definition) is 2. The number of hydrogen-bond donors (Lipinski definition) is 1. The number of benzene rings is 2. The first-order valence-corrected chi connectivity index (χ1v) is 8.80. The number of rotatable bonds is 8. The summed E-state index contributed by atoms with van der Waals surface area (Å²) in [6.45, 7) is 7.28. The summed E-state index contributed by atoms with van der Waals surface area (Å²) in [6, 6.07) is 19.2. The van der Waals surface area contributed by atoms with Crippen LogP contribution < -0.4 is 5.32 Å². The fourth-order valence-electron chi connectivity index (χ4n) is 2.97. The van der Waals surface area contributed by atoms with E-state index in [-0.39, 0.29) is 1.43 Å². The molecule has 1 aromatic heterocycles. The van der Waals surface area contributed by atoms with E-state index in [2.05, 4.69) is 90.5 Å². The van der Waals surface area contributed by atoms with Crippen molar-refractivity contribution >= 4 is 17.0 Å². The van der Waals surface area contributed by atoms with Gasteiger partial charge in [-0.2, -0.15) is 0 Å². The first-order valence-electron chi connectivity index (χ1n) is 8.80. The van der Waals surface area contributed by atoms with E-state index in [1.807, 2.05) is 0 Å². The van der Waals surface area contributed by atoms with Gasteiger partial charge < -0.3 is 9.30 Å². The minimum absolute atomic E-state index is 0. The van der Waals surface area contributed by atoms with Crippen LogP contribution in [0.3, 0.4) is 0 Å². The predicted octanol–water partition coefficient (Wildman–Crippen LogP) is 4.78. The number of ether oxygens (including phenoxy) is 1. The minimum Gasteiger partial charge on any atom is -0.362 e. The fourth-order valence-corrected chi connectivity index (χ4v) is 2.97. The van der Waals surface area contributed by atoms with Crippen LogP contribution >= 0.6 is 0 Å². The Kier molecular flexibility index (Phi) is 6.04. The lowest BCUT2D eigenvalue weighted by Crippen LogP contribution is -2.23. The van der Waals surface area contributed by atoms with Crippen molar-refractivity contribution in [3.8, 4) is 0 Å². The zero-order valence-electron chi connectivity index (χ0n) is 15.0. The van der Waals surface area contributed by atoms with Crippen LogP contribution in [0.1, 0.15) is 18.2 Å². The molecular formula is C22H28N2O. The highest BCUT2D eigenvalue weighted by Crippen LogP contribution is 2.18. The van der Waals surface area contributed by atoms with Crippen LogP contribution in [0, 0.1) is 13.8 Å². The smallest absolute Gasteiger partial charge is 0.0970 e. The van der Waals surface area contributed by atoms with Gasteiger partial charge >= 0.3 is 0 Å². The SMILES string of the molecule is Cc1ccc(/C=C/COCNCCn2c(C)cc3ccccc32)cc1.[HH]. The van der Waals surface area contributed by atoms with Gasteiger partial charge in [-0.3, -0.25) is 5.32 Å². The summed E-state index contributed by atoms with van der Waals surface area (Å²) >= 11 is 0. The zero-order chi connectivity index (χ0) is 17.5. The van der Waals surface area contributed by atoms with Gasteiger partial charge in [0.2, 0.25) is 0 Å². The normalized spacial score (nSPS) is 11.6. The number of nitrogens with one attached hydrogen (secondary N) is 1. The van der Waals surface area contributed by atoms with E-state index in [1.54, 1.807) is 0 Å². The van der Waals surface area contributed by atoms with Gasteiger partial charge in [0.15, 0.2) is 0 Å². The lowest BCUT2D eigenvalue weighted by atomic mass is 10.1. The molecule has 0 saturated heterocycles. The van der Waals surface area contributed by atoms with E-state index < -0.39 is 0 Å². The molecule has 0 aliphatic heterocycles. The Balaban J connectivity index is 0.00000243. The molecule has 0 saturated carbocycles. The van der Waals surface area contributed by atoms with E-state index in [9.17, 15) is 0 Å². The molecule has 0 amide bonds. The van der Waals surface area contributed by atoms with Crippen molar-refractivity contribution in [1.82, 2.24) is 9.88 Å². The highest BCUT2D eigenvalue weighted by Gasteiger charge is 2.03. The Labute approximate surface area is 151 Å². The van der Waals surface area contributed by atoms with E-state index >= 15 is 0 Å². The molecule has 3 aromatic rings. The second-order valence-corrected chi connectivity index (χ2v) is 6.32. The number of aromatic nitrogens is 1. The standard InChI is InChI=1S/C22H26N2O.H2/c1-18-9-11-20(12-10-18)6-5-15-25-17-23-13-14-24-19(2)16-21-7-3-4-8-22(21)24;/h3-12,16,23H,13-15,17H2,1-2H3;1H/b6-5+;. The van der Waals surface area contributed by atoms with E-state index in [0.717, 1.165) is 13.1 Å². The monoisotopic (exact) mass is 336 g/mol. The third kappa shape index (κ3) is 4.81. The van der Waals surface area contributed by atoms with Crippen LogP contribution in [0.2, 0.25) is 0 Å². The maximum atomic E-state index is 5.61. The molecule has 0 aliphatic rings. The molecule has 1 N–H and O–H groups in total. The minimum atomic E-state index is 0. The lowest BCUT2D eigenvalue weighted by molar-refractivity contribution is 0.142. The molecule has 0 atom stereocenters. The molecule has 0 radical (unpaired) electrons. The third-order valence-corrected chi connectivity index (χ3v) is 4.34. The van der Waals surface area contributed by atoms with Crippen molar-refractivity contribution in [2.24, 2.45) is 0 Å². The van der Waals surface area contributed by atoms with Gasteiger partial charge in [-0.05, 0) is 36.9 Å². The maximum absolute atomic E-state index is 5.61. The Morgan fingerprint density at radius 1 is 1.08 bits per heavy atom. The van der Waals surface area contributed by atoms with Crippen LogP contribution in [0.25, 0.3) is 17.0 Å². The molecule has 0 fully saturated rings. The largest absolute Gasteiger partial charge is 0.362 e. The molecule has 1 heterocycles. The topological polar surface area (TPSA) is 26.2 Å². The maximum Gasteiger partial charge on any atom is 0.0970 e. The van der Waals surface area contributed by atoms with Crippen molar-refractivity contribution in [1.29, 1.82) is 0 Å². The molecule has 0 unspecified atom stereocenters. The van der Waals surface area contributed by atoms with Crippen LogP contribution in [-0.4, -0.2) is 24.4 Å². The van der Waals surface area contributed by atoms with Gasteiger partial charge in [-0.15, -0.1) is 0 Å². The summed E-state index contributed by atoms with van der Waals surface area (Å²) < 4.78 is 7.96. The molecule has 0 aliphatic carbocycles. The van der Waals surface area contributed by atoms with Crippen LogP contribution in [0.5, 0.6) is 0 Å². The highest BCUT2D eigenvalue weighted by atomic mass is 16.5. The number of para-hydroxylation sites is 1. The predicted molar refractivity (Wildman–Crippen MR) is 108 cm³/mol. The van der Waals surface area contributed by atoms with Crippen LogP contribution in [0.15, 0.2) is 60.7 Å². The highest BCUT2D eigenvalue weighted by molar-refractivity contribution is 5.81. The zero-order valence-corrected chi connectivity index (χ0v) is 15.0. The molecule has 25 heavy (non-hydrogen) atoms. The number of nitrogens with zero attached hydrogens (tertiary/aromatic N) is 1. The number of fused-ring (bicyclic) bond motifs is 1. The van der Waals surface area contributed by atoms with Crippen molar-refractivity contribution in [2.75, 3.05) is 19.9 Å². The van der Waals surface area contributed by atoms with Crippen molar-refractivity contribution in [3.63, 3.8) is 0 Å². The second kappa shape index (κ2) is 8.65. The summed E-state index contributed by atoms with van der Waals surface area (Å²) in [7, 11) is 0. The van der Waals surface area contributed by atoms with E-state index in [1.165, 1.54) is 27.7 Å². The summed E-state index contributed by atoms with van der Waals surface area (Å²) in [6.07, 6.45) is 4.14. The summed E-state index contributed by atoms with van der Waals surface area (Å²) in [5.74, 6) is 0. The van der Waals surface area contributed by atoms with Gasteiger partial charge in [-0.25, -0.2) is 0 Å². The summed E-state index contributed by atoms with van der Waals surface area (Å²) in [5, 5.41) is 4.65. The molecule has 2 aromatic carbocycles. The summed E-state index contributed by atoms with van der Waals surface area (Å²) in [5.41, 5.74) is 5.08. The molecule has 132 valence electrons. The van der Waals surface area contributed by atoms with E-state index in [4.69, 9.17) is 4.74 Å². The Morgan fingerprint density at radius 3 is 2.72 bits per heavy atom. The quantitative estimate of drug-likeness (QED) is 0.473. The van der Waals surface area contributed by atoms with Crippen molar-refractivity contribution < 1.29 is 6.16 Å². The van der Waals surface area contributed by atoms with Crippen LogP contribution in [-0.2, 0) is 11.3 Å². The average molecular weight is 336 g/mol. The van der Waals surface area contributed by atoms with Gasteiger partial charge in [0.05, 0.1) is 13.3 Å². The van der Waals surface area contributed by atoms with E-state index in [0.29, 0.717) is 13.3 Å². The number of aryl methyl sites for hydroxylation is 2. The molecule has 0 spiro atoms. The third-order valence-electron chi connectivity index (χ3n) is 4.34. The first-order chi connectivity index (χ1) is 12.2. The lowest BCUT2D eigenvalue weighted by Gasteiger charge is -2.09. The molecule has 3 heteroatoms. The van der Waals surface area contributed by atoms with Gasteiger partial charge in [-0.1, -0.05) is 60.2 Å². The van der Waals surface area contributed by atoms with Crippen molar-refractivity contribution in [2.45, 2.75) is 20.4 Å². The molecule has 3 rings (SSSR count). The first kappa shape index (κ1) is 17.5. The average Bonchev–Trinajstić information content (AvgIpc) is 2.94. The van der Waals surface area contributed by atoms with Gasteiger partial charge in [0.25, 0.3) is 0 Å². The second-order valence-electron chi connectivity index (χ2n) is 6.32. The fraction of sp³-hybridized carbons (Fsp3) is 0.273. The molecule has 3 nitrogen and oxygen atoms in total. The van der Waals surface area contributed by atoms with Gasteiger partial charge in [0, 0.05) is 25.7 Å². The Morgan fingerprint density at radius 2 is 1.88 bits per heavy atom. The van der Waals surface area contributed by atoms with Crippen LogP contribution in [0.4, 0.5) is 0 Å². The molecule has 0 bridgehead atoms. The molecular weight excluding hydrogens is 308 g/mol. The Hall–Kier alpha value is -2.36. The summed E-state index contributed by atoms with van der Waals surface area (Å²) in [4.78, 5) is 0.